The smallest absolute Gasteiger partial charge is 0.228 e. The van der Waals surface area contributed by atoms with Gasteiger partial charge in [0.15, 0.2) is 0 Å². The summed E-state index contributed by atoms with van der Waals surface area (Å²) in [7, 11) is 3.92. The number of benzene rings is 2. The molecule has 24 heavy (non-hydrogen) atoms. The van der Waals surface area contributed by atoms with Crippen LogP contribution in [0.4, 0.5) is 11.4 Å². The van der Waals surface area contributed by atoms with E-state index in [1.807, 2.05) is 80.5 Å². The van der Waals surface area contributed by atoms with Gasteiger partial charge >= 0.3 is 0 Å². The normalized spacial score (nSPS) is 11.4. The number of nitrogens with zero attached hydrogens (tertiary/aromatic N) is 3. The largest absolute Gasteiger partial charge is 0.378 e. The average molecular weight is 321 g/mol. The third kappa shape index (κ3) is 4.14. The van der Waals surface area contributed by atoms with Gasteiger partial charge in [0.05, 0.1) is 12.0 Å². The Morgan fingerprint density at radius 3 is 2.33 bits per heavy atom. The van der Waals surface area contributed by atoms with Crippen molar-refractivity contribution in [2.45, 2.75) is 19.3 Å². The van der Waals surface area contributed by atoms with Gasteiger partial charge in [0.25, 0.3) is 0 Å². The number of carbonyl (C=O) groups is 1. The molecule has 1 unspecified atom stereocenters. The van der Waals surface area contributed by atoms with E-state index in [4.69, 9.17) is 0 Å². The molecule has 1 atom stereocenters. The van der Waals surface area contributed by atoms with Crippen molar-refractivity contribution in [3.8, 4) is 6.07 Å². The highest BCUT2D eigenvalue weighted by molar-refractivity contribution is 5.94. The molecule has 0 saturated carbocycles. The Kier molecular flexibility index (Phi) is 5.97. The summed E-state index contributed by atoms with van der Waals surface area (Å²) < 4.78 is 0. The lowest BCUT2D eigenvalue weighted by Gasteiger charge is -2.22. The average Bonchev–Trinajstić information content (AvgIpc) is 2.61. The van der Waals surface area contributed by atoms with E-state index in [0.717, 1.165) is 16.9 Å². The summed E-state index contributed by atoms with van der Waals surface area (Å²) in [4.78, 5) is 16.4. The molecule has 0 aliphatic rings. The molecule has 0 heterocycles. The van der Waals surface area contributed by atoms with Gasteiger partial charge in [-0.25, -0.2) is 0 Å². The Balaban J connectivity index is 2.19. The Bertz CT molecular complexity index is 719. The predicted octanol–water partition coefficient (Wildman–Crippen LogP) is 3.80. The molecule has 0 fully saturated rings. The first-order valence-electron chi connectivity index (χ1n) is 8.09. The molecule has 0 radical (unpaired) electrons. The van der Waals surface area contributed by atoms with Crippen molar-refractivity contribution >= 4 is 17.3 Å². The third-order valence-electron chi connectivity index (χ3n) is 4.01. The van der Waals surface area contributed by atoms with Crippen molar-refractivity contribution in [1.29, 1.82) is 5.26 Å². The molecule has 0 aromatic heterocycles. The second kappa shape index (κ2) is 8.16. The zero-order valence-corrected chi connectivity index (χ0v) is 14.4. The molecular formula is C20H23N3O. The minimum Gasteiger partial charge on any atom is -0.378 e. The molecular weight excluding hydrogens is 298 g/mol. The van der Waals surface area contributed by atoms with Gasteiger partial charge in [-0.2, -0.15) is 5.26 Å². The fourth-order valence-corrected chi connectivity index (χ4v) is 2.65. The van der Waals surface area contributed by atoms with Crippen LogP contribution in [0.2, 0.25) is 0 Å². The second-order valence-electron chi connectivity index (χ2n) is 5.85. The lowest BCUT2D eigenvalue weighted by atomic mass is 9.96. The Morgan fingerprint density at radius 1 is 1.08 bits per heavy atom. The molecule has 0 aliphatic heterocycles. The molecule has 4 nitrogen and oxygen atoms in total. The van der Waals surface area contributed by atoms with Crippen molar-refractivity contribution in [3.05, 3.63) is 60.2 Å². The highest BCUT2D eigenvalue weighted by atomic mass is 16.2. The van der Waals surface area contributed by atoms with E-state index in [-0.39, 0.29) is 12.3 Å². The van der Waals surface area contributed by atoms with Crippen molar-refractivity contribution in [2.24, 2.45) is 0 Å². The van der Waals surface area contributed by atoms with Crippen LogP contribution in [0.5, 0.6) is 0 Å². The number of rotatable bonds is 6. The number of carbonyl (C=O) groups excluding carboxylic acids is 1. The predicted molar refractivity (Wildman–Crippen MR) is 98.2 cm³/mol. The third-order valence-corrected chi connectivity index (χ3v) is 4.01. The standard InChI is InChI=1S/C20H23N3O/c1-4-23(18-10-6-5-7-11-18)20(24)14-17(15-21)16-9-8-12-19(13-16)22(2)3/h5-13,17H,4,14H2,1-3H3. The Hall–Kier alpha value is -2.80. The molecule has 0 spiro atoms. The van der Waals surface area contributed by atoms with Crippen LogP contribution in [0, 0.1) is 11.3 Å². The number of para-hydroxylation sites is 1. The number of anilines is 2. The van der Waals surface area contributed by atoms with Gasteiger partial charge in [-0.05, 0) is 36.8 Å². The zero-order chi connectivity index (χ0) is 17.5. The number of hydrogen-bond acceptors (Lipinski definition) is 3. The van der Waals surface area contributed by atoms with Crippen molar-refractivity contribution in [2.75, 3.05) is 30.4 Å². The summed E-state index contributed by atoms with van der Waals surface area (Å²) in [6.07, 6.45) is 0.177. The first kappa shape index (κ1) is 17.6. The van der Waals surface area contributed by atoms with Gasteiger partial charge < -0.3 is 9.80 Å². The number of nitriles is 1. The molecule has 0 aliphatic carbocycles. The molecule has 2 aromatic carbocycles. The van der Waals surface area contributed by atoms with E-state index in [0.29, 0.717) is 6.54 Å². The fraction of sp³-hybridized carbons (Fsp3) is 0.300. The monoisotopic (exact) mass is 321 g/mol. The summed E-state index contributed by atoms with van der Waals surface area (Å²) in [5, 5.41) is 9.55. The first-order valence-corrected chi connectivity index (χ1v) is 8.09. The van der Waals surface area contributed by atoms with E-state index in [1.165, 1.54) is 0 Å². The Labute approximate surface area is 143 Å². The molecule has 0 saturated heterocycles. The quantitative estimate of drug-likeness (QED) is 0.813. The number of amides is 1. The van der Waals surface area contributed by atoms with E-state index in [1.54, 1.807) is 4.90 Å². The Morgan fingerprint density at radius 2 is 1.75 bits per heavy atom. The van der Waals surface area contributed by atoms with Gasteiger partial charge in [-0.1, -0.05) is 30.3 Å². The topological polar surface area (TPSA) is 47.3 Å². The van der Waals surface area contributed by atoms with Crippen LogP contribution in [-0.4, -0.2) is 26.5 Å². The number of hydrogen-bond donors (Lipinski definition) is 0. The summed E-state index contributed by atoms with van der Waals surface area (Å²) >= 11 is 0. The minimum atomic E-state index is -0.449. The van der Waals surface area contributed by atoms with Crippen LogP contribution in [-0.2, 0) is 4.79 Å². The summed E-state index contributed by atoms with van der Waals surface area (Å²) in [5.74, 6) is -0.485. The lowest BCUT2D eigenvalue weighted by molar-refractivity contribution is -0.118. The van der Waals surface area contributed by atoms with Gasteiger partial charge in [0.1, 0.15) is 0 Å². The second-order valence-corrected chi connectivity index (χ2v) is 5.85. The van der Waals surface area contributed by atoms with Crippen LogP contribution in [0.25, 0.3) is 0 Å². The molecule has 2 aromatic rings. The van der Waals surface area contributed by atoms with Gasteiger partial charge in [0, 0.05) is 38.4 Å². The molecule has 0 bridgehead atoms. The molecule has 0 N–H and O–H groups in total. The van der Waals surface area contributed by atoms with Crippen molar-refractivity contribution in [1.82, 2.24) is 0 Å². The molecule has 124 valence electrons. The van der Waals surface area contributed by atoms with E-state index < -0.39 is 5.92 Å². The zero-order valence-electron chi connectivity index (χ0n) is 14.4. The van der Waals surface area contributed by atoms with Crippen molar-refractivity contribution in [3.63, 3.8) is 0 Å². The lowest BCUT2D eigenvalue weighted by Crippen LogP contribution is -2.31. The molecule has 4 heteroatoms. The summed E-state index contributed by atoms with van der Waals surface area (Å²) in [6, 6.07) is 19.6. The first-order chi connectivity index (χ1) is 11.6. The summed E-state index contributed by atoms with van der Waals surface area (Å²) in [6.45, 7) is 2.53. The van der Waals surface area contributed by atoms with E-state index in [2.05, 4.69) is 6.07 Å². The molecule has 2 rings (SSSR count). The maximum atomic E-state index is 12.7. The highest BCUT2D eigenvalue weighted by Crippen LogP contribution is 2.25. The van der Waals surface area contributed by atoms with Crippen LogP contribution in [0.15, 0.2) is 54.6 Å². The minimum absolute atomic E-state index is 0.0366. The van der Waals surface area contributed by atoms with Gasteiger partial charge in [-0.15, -0.1) is 0 Å². The van der Waals surface area contributed by atoms with Crippen LogP contribution in [0.3, 0.4) is 0 Å². The van der Waals surface area contributed by atoms with E-state index >= 15 is 0 Å². The SMILES string of the molecule is CCN(C(=O)CC(C#N)c1cccc(N(C)C)c1)c1ccccc1. The fourth-order valence-electron chi connectivity index (χ4n) is 2.65. The van der Waals surface area contributed by atoms with E-state index in [9.17, 15) is 10.1 Å². The van der Waals surface area contributed by atoms with Gasteiger partial charge in [-0.3, -0.25) is 4.79 Å². The van der Waals surface area contributed by atoms with Crippen LogP contribution >= 0.6 is 0 Å². The summed E-state index contributed by atoms with van der Waals surface area (Å²) in [5.41, 5.74) is 2.76. The van der Waals surface area contributed by atoms with Gasteiger partial charge in [0.2, 0.25) is 5.91 Å². The maximum absolute atomic E-state index is 12.7. The van der Waals surface area contributed by atoms with Crippen LogP contribution < -0.4 is 9.80 Å². The van der Waals surface area contributed by atoms with Crippen LogP contribution in [0.1, 0.15) is 24.8 Å². The maximum Gasteiger partial charge on any atom is 0.228 e. The molecule has 1 amide bonds. The van der Waals surface area contributed by atoms with Crippen molar-refractivity contribution < 1.29 is 4.79 Å². The highest BCUT2D eigenvalue weighted by Gasteiger charge is 2.21.